The van der Waals surface area contributed by atoms with Crippen molar-refractivity contribution >= 4 is 28.5 Å². The largest absolute Gasteiger partial charge is 0.459 e. The SMILES string of the molecule is O=C(NC(c1ccccc1)c1cc2ccccc2o1)c1ccc(NC(=O)C2CC2)cc1. The molecule has 5 heteroatoms. The van der Waals surface area contributed by atoms with Crippen LogP contribution in [0.2, 0.25) is 0 Å². The number of furan rings is 1. The van der Waals surface area contributed by atoms with E-state index in [0.29, 0.717) is 17.0 Å². The van der Waals surface area contributed by atoms with E-state index >= 15 is 0 Å². The van der Waals surface area contributed by atoms with Gasteiger partial charge in [-0.25, -0.2) is 0 Å². The van der Waals surface area contributed by atoms with E-state index in [0.717, 1.165) is 29.4 Å². The first-order valence-electron chi connectivity index (χ1n) is 10.4. The normalized spacial score (nSPS) is 14.2. The highest BCUT2D eigenvalue weighted by Gasteiger charge is 2.29. The van der Waals surface area contributed by atoms with Crippen molar-refractivity contribution in [1.29, 1.82) is 0 Å². The summed E-state index contributed by atoms with van der Waals surface area (Å²) in [5, 5.41) is 6.98. The van der Waals surface area contributed by atoms with Crippen molar-refractivity contribution in [2.45, 2.75) is 18.9 Å². The van der Waals surface area contributed by atoms with Crippen molar-refractivity contribution in [1.82, 2.24) is 5.32 Å². The van der Waals surface area contributed by atoms with E-state index in [-0.39, 0.29) is 17.7 Å². The lowest BCUT2D eigenvalue weighted by Gasteiger charge is -2.17. The van der Waals surface area contributed by atoms with Gasteiger partial charge in [0.05, 0.1) is 0 Å². The van der Waals surface area contributed by atoms with Gasteiger partial charge in [0.15, 0.2) is 0 Å². The topological polar surface area (TPSA) is 71.3 Å². The van der Waals surface area contributed by atoms with Crippen LogP contribution in [0, 0.1) is 5.92 Å². The maximum absolute atomic E-state index is 13.0. The predicted octanol–water partition coefficient (Wildman–Crippen LogP) is 5.30. The smallest absolute Gasteiger partial charge is 0.252 e. The molecule has 1 unspecified atom stereocenters. The first-order valence-corrected chi connectivity index (χ1v) is 10.4. The van der Waals surface area contributed by atoms with Gasteiger partial charge in [0.2, 0.25) is 5.91 Å². The zero-order valence-electron chi connectivity index (χ0n) is 16.9. The molecule has 154 valence electrons. The summed E-state index contributed by atoms with van der Waals surface area (Å²) in [7, 11) is 0. The number of hydrogen-bond acceptors (Lipinski definition) is 3. The van der Waals surface area contributed by atoms with Crippen molar-refractivity contribution in [3.8, 4) is 0 Å². The molecule has 5 nitrogen and oxygen atoms in total. The minimum absolute atomic E-state index is 0.0474. The maximum atomic E-state index is 13.0. The zero-order chi connectivity index (χ0) is 21.2. The first-order chi connectivity index (χ1) is 15.2. The third-order valence-electron chi connectivity index (χ3n) is 5.50. The Morgan fingerprint density at radius 1 is 0.871 bits per heavy atom. The van der Waals surface area contributed by atoms with Crippen LogP contribution in [-0.4, -0.2) is 11.8 Å². The quantitative estimate of drug-likeness (QED) is 0.453. The van der Waals surface area contributed by atoms with Crippen LogP contribution in [0.1, 0.15) is 40.6 Å². The van der Waals surface area contributed by atoms with Crippen LogP contribution < -0.4 is 10.6 Å². The second-order valence-electron chi connectivity index (χ2n) is 7.84. The second kappa shape index (κ2) is 8.11. The van der Waals surface area contributed by atoms with E-state index in [1.165, 1.54) is 0 Å². The molecule has 1 atom stereocenters. The summed E-state index contributed by atoms with van der Waals surface area (Å²) in [5.74, 6) is 0.646. The molecule has 2 N–H and O–H groups in total. The average Bonchev–Trinajstić information content (AvgIpc) is 3.57. The van der Waals surface area contributed by atoms with Gasteiger partial charge in [-0.3, -0.25) is 9.59 Å². The second-order valence-corrected chi connectivity index (χ2v) is 7.84. The van der Waals surface area contributed by atoms with Crippen LogP contribution >= 0.6 is 0 Å². The van der Waals surface area contributed by atoms with Crippen molar-refractivity contribution in [3.05, 3.63) is 102 Å². The van der Waals surface area contributed by atoms with Crippen LogP contribution in [0.15, 0.2) is 89.3 Å². The van der Waals surface area contributed by atoms with Crippen molar-refractivity contribution < 1.29 is 14.0 Å². The molecule has 2 amide bonds. The Morgan fingerprint density at radius 2 is 1.58 bits per heavy atom. The van der Waals surface area contributed by atoms with Crippen LogP contribution in [0.3, 0.4) is 0 Å². The summed E-state index contributed by atoms with van der Waals surface area (Å²) in [5.41, 5.74) is 2.93. The van der Waals surface area contributed by atoms with Crippen molar-refractivity contribution in [3.63, 3.8) is 0 Å². The summed E-state index contributed by atoms with van der Waals surface area (Å²) in [6, 6.07) is 26.0. The van der Waals surface area contributed by atoms with Gasteiger partial charge in [-0.1, -0.05) is 48.5 Å². The molecule has 1 aromatic heterocycles. The number of hydrogen-bond donors (Lipinski definition) is 2. The highest BCUT2D eigenvalue weighted by molar-refractivity contribution is 5.97. The monoisotopic (exact) mass is 410 g/mol. The molecule has 1 heterocycles. The molecule has 1 saturated carbocycles. The highest BCUT2D eigenvalue weighted by Crippen LogP contribution is 2.30. The van der Waals surface area contributed by atoms with Gasteiger partial charge < -0.3 is 15.1 Å². The molecule has 0 radical (unpaired) electrons. The van der Waals surface area contributed by atoms with Gasteiger partial charge >= 0.3 is 0 Å². The number of benzene rings is 3. The molecule has 1 fully saturated rings. The fourth-order valence-electron chi connectivity index (χ4n) is 3.62. The molecule has 0 spiro atoms. The van der Waals surface area contributed by atoms with E-state index in [4.69, 9.17) is 4.42 Å². The number of carbonyl (C=O) groups excluding carboxylic acids is 2. The van der Waals surface area contributed by atoms with Crippen molar-refractivity contribution in [2.75, 3.05) is 5.32 Å². The number of amides is 2. The van der Waals surface area contributed by atoms with Crippen LogP contribution in [0.25, 0.3) is 11.0 Å². The molecule has 0 saturated heterocycles. The van der Waals surface area contributed by atoms with Crippen LogP contribution in [0.5, 0.6) is 0 Å². The fraction of sp³-hybridized carbons (Fsp3) is 0.154. The van der Waals surface area contributed by atoms with Gasteiger partial charge in [-0.05, 0) is 54.8 Å². The summed E-state index contributed by atoms with van der Waals surface area (Å²) in [4.78, 5) is 25.0. The number of fused-ring (bicyclic) bond motifs is 1. The average molecular weight is 410 g/mol. The lowest BCUT2D eigenvalue weighted by molar-refractivity contribution is -0.117. The van der Waals surface area contributed by atoms with Gasteiger partial charge in [0, 0.05) is 22.6 Å². The lowest BCUT2D eigenvalue weighted by atomic mass is 10.0. The van der Waals surface area contributed by atoms with Crippen molar-refractivity contribution in [2.24, 2.45) is 5.92 Å². The standard InChI is InChI=1S/C26H22N2O3/c29-25(18-10-11-18)27-21-14-12-19(13-15-21)26(30)28-24(17-6-2-1-3-7-17)23-16-20-8-4-5-9-22(20)31-23/h1-9,12-16,18,24H,10-11H2,(H,27,29)(H,28,30). The van der Waals surface area contributed by atoms with Crippen LogP contribution in [-0.2, 0) is 4.79 Å². The molecule has 3 aromatic carbocycles. The molecule has 0 aliphatic heterocycles. The maximum Gasteiger partial charge on any atom is 0.252 e. The van der Waals surface area contributed by atoms with Gasteiger partial charge in [0.1, 0.15) is 17.4 Å². The van der Waals surface area contributed by atoms with Gasteiger partial charge in [0.25, 0.3) is 5.91 Å². The highest BCUT2D eigenvalue weighted by atomic mass is 16.3. The van der Waals surface area contributed by atoms with E-state index in [2.05, 4.69) is 10.6 Å². The summed E-state index contributed by atoms with van der Waals surface area (Å²) < 4.78 is 6.05. The Kier molecular flexibility index (Phi) is 5.00. The Balaban J connectivity index is 1.38. The first kappa shape index (κ1) is 19.1. The van der Waals surface area contributed by atoms with E-state index in [1.54, 1.807) is 24.3 Å². The Morgan fingerprint density at radius 3 is 2.29 bits per heavy atom. The van der Waals surface area contributed by atoms with Gasteiger partial charge in [-0.15, -0.1) is 0 Å². The molecular weight excluding hydrogens is 388 g/mol. The third kappa shape index (κ3) is 4.21. The third-order valence-corrected chi connectivity index (χ3v) is 5.50. The summed E-state index contributed by atoms with van der Waals surface area (Å²) >= 11 is 0. The predicted molar refractivity (Wildman–Crippen MR) is 120 cm³/mol. The summed E-state index contributed by atoms with van der Waals surface area (Å²) in [6.45, 7) is 0. The Hall–Kier alpha value is -3.86. The zero-order valence-corrected chi connectivity index (χ0v) is 16.9. The van der Waals surface area contributed by atoms with E-state index in [9.17, 15) is 9.59 Å². The van der Waals surface area contributed by atoms with Gasteiger partial charge in [-0.2, -0.15) is 0 Å². The molecule has 1 aliphatic carbocycles. The lowest BCUT2D eigenvalue weighted by Crippen LogP contribution is -2.29. The Labute approximate surface area is 180 Å². The molecule has 5 rings (SSSR count). The fourth-order valence-corrected chi connectivity index (χ4v) is 3.62. The number of para-hydroxylation sites is 1. The molecular formula is C26H22N2O3. The number of rotatable bonds is 6. The number of nitrogens with one attached hydrogen (secondary N) is 2. The van der Waals surface area contributed by atoms with E-state index in [1.807, 2.05) is 60.7 Å². The molecule has 31 heavy (non-hydrogen) atoms. The number of carbonyl (C=O) groups is 2. The minimum Gasteiger partial charge on any atom is -0.459 e. The molecule has 1 aliphatic rings. The Bertz CT molecular complexity index is 1190. The molecule has 0 bridgehead atoms. The number of anilines is 1. The molecule has 4 aromatic rings. The van der Waals surface area contributed by atoms with Crippen LogP contribution in [0.4, 0.5) is 5.69 Å². The minimum atomic E-state index is -0.421. The van der Waals surface area contributed by atoms with E-state index < -0.39 is 6.04 Å². The summed E-state index contributed by atoms with van der Waals surface area (Å²) in [6.07, 6.45) is 1.91.